The van der Waals surface area contributed by atoms with Gasteiger partial charge in [-0.3, -0.25) is 4.79 Å². The Labute approximate surface area is 127 Å². The Bertz CT molecular complexity index is 549. The van der Waals surface area contributed by atoms with Crippen LogP contribution in [0.2, 0.25) is 0 Å². The van der Waals surface area contributed by atoms with Crippen molar-refractivity contribution in [3.8, 4) is 0 Å². The van der Waals surface area contributed by atoms with E-state index in [0.29, 0.717) is 0 Å². The van der Waals surface area contributed by atoms with Crippen molar-refractivity contribution in [1.82, 2.24) is 10.3 Å². The molecule has 2 rings (SSSR count). The zero-order valence-corrected chi connectivity index (χ0v) is 12.8. The van der Waals surface area contributed by atoms with E-state index >= 15 is 0 Å². The van der Waals surface area contributed by atoms with Gasteiger partial charge in [-0.25, -0.2) is 4.98 Å². The van der Waals surface area contributed by atoms with E-state index in [1.54, 1.807) is 0 Å². The molecule has 122 valence electrons. The van der Waals surface area contributed by atoms with Crippen LogP contribution in [0.4, 0.5) is 19.0 Å². The molecule has 1 aromatic heterocycles. The van der Waals surface area contributed by atoms with Crippen molar-refractivity contribution < 1.29 is 18.0 Å². The Morgan fingerprint density at radius 2 is 1.86 bits per heavy atom. The quantitative estimate of drug-likeness (QED) is 0.841. The number of rotatable bonds is 3. The summed E-state index contributed by atoms with van der Waals surface area (Å²) in [6, 6.07) is 2.53. The third-order valence-electron chi connectivity index (χ3n) is 3.75. The van der Waals surface area contributed by atoms with Crippen molar-refractivity contribution in [2.45, 2.75) is 57.9 Å². The molecule has 1 fully saturated rings. The lowest BCUT2D eigenvalue weighted by atomic mass is 9.95. The summed E-state index contributed by atoms with van der Waals surface area (Å²) < 4.78 is 38.5. The topological polar surface area (TPSA) is 54.0 Å². The monoisotopic (exact) mass is 315 g/mol. The van der Waals surface area contributed by atoms with E-state index < -0.39 is 11.9 Å². The molecule has 2 atom stereocenters. The number of anilines is 1. The lowest BCUT2D eigenvalue weighted by Crippen LogP contribution is -2.47. The molecule has 0 aliphatic carbocycles. The minimum atomic E-state index is -4.53. The third-order valence-corrected chi connectivity index (χ3v) is 3.75. The number of piperidine rings is 1. The first-order valence-corrected chi connectivity index (χ1v) is 7.28. The number of hydrogen-bond donors (Lipinski definition) is 2. The van der Waals surface area contributed by atoms with Gasteiger partial charge >= 0.3 is 6.18 Å². The summed E-state index contributed by atoms with van der Waals surface area (Å²) in [6.45, 7) is 5.37. The third kappa shape index (κ3) is 3.97. The fourth-order valence-electron chi connectivity index (χ4n) is 2.89. The molecular formula is C15H20F3N3O. The number of carbonyl (C=O) groups excluding carboxylic acids is 1. The fraction of sp³-hybridized carbons (Fsp3) is 0.600. The Balaban J connectivity index is 2.29. The van der Waals surface area contributed by atoms with Crippen molar-refractivity contribution in [2.24, 2.45) is 0 Å². The Kier molecular flexibility index (Phi) is 4.75. The van der Waals surface area contributed by atoms with E-state index in [9.17, 15) is 18.0 Å². The van der Waals surface area contributed by atoms with Crippen molar-refractivity contribution in [2.75, 3.05) is 5.32 Å². The maximum absolute atomic E-state index is 12.8. The van der Waals surface area contributed by atoms with Crippen LogP contribution in [-0.2, 0) is 6.18 Å². The second kappa shape index (κ2) is 6.24. The Morgan fingerprint density at radius 3 is 2.36 bits per heavy atom. The van der Waals surface area contributed by atoms with Crippen molar-refractivity contribution in [1.29, 1.82) is 0 Å². The van der Waals surface area contributed by atoms with Gasteiger partial charge in [0.05, 0.1) is 5.56 Å². The minimum Gasteiger partial charge on any atom is -0.367 e. The molecule has 0 aromatic carbocycles. The van der Waals surface area contributed by atoms with Crippen molar-refractivity contribution in [3.63, 3.8) is 0 Å². The molecule has 7 heteroatoms. The summed E-state index contributed by atoms with van der Waals surface area (Å²) in [6.07, 6.45) is -3.00. The van der Waals surface area contributed by atoms with E-state index in [2.05, 4.69) is 15.6 Å². The maximum Gasteiger partial charge on any atom is 0.433 e. The zero-order chi connectivity index (χ0) is 16.5. The van der Waals surface area contributed by atoms with Gasteiger partial charge in [-0.2, -0.15) is 13.2 Å². The number of alkyl halides is 3. The highest BCUT2D eigenvalue weighted by molar-refractivity contribution is 5.98. The molecule has 2 N–H and O–H groups in total. The molecule has 1 aromatic rings. The van der Waals surface area contributed by atoms with Crippen molar-refractivity contribution >= 4 is 11.6 Å². The molecule has 1 aliphatic heterocycles. The predicted octanol–water partition coefficient (Wildman–Crippen LogP) is 3.24. The average molecular weight is 315 g/mol. The van der Waals surface area contributed by atoms with E-state index in [1.807, 2.05) is 13.8 Å². The van der Waals surface area contributed by atoms with Crippen LogP contribution < -0.4 is 10.6 Å². The highest BCUT2D eigenvalue weighted by atomic mass is 19.4. The molecular weight excluding hydrogens is 295 g/mol. The number of nitrogens with zero attached hydrogens (tertiary/aromatic N) is 1. The summed E-state index contributed by atoms with van der Waals surface area (Å²) in [5.74, 6) is -0.285. The highest BCUT2D eigenvalue weighted by Crippen LogP contribution is 2.30. The first-order valence-electron chi connectivity index (χ1n) is 7.28. The van der Waals surface area contributed by atoms with E-state index in [4.69, 9.17) is 0 Å². The molecule has 0 spiro atoms. The molecule has 1 saturated heterocycles. The lowest BCUT2D eigenvalue weighted by Gasteiger charge is -2.34. The van der Waals surface area contributed by atoms with E-state index in [-0.39, 0.29) is 35.3 Å². The van der Waals surface area contributed by atoms with Gasteiger partial charge in [0.15, 0.2) is 5.78 Å². The van der Waals surface area contributed by atoms with Gasteiger partial charge in [0.1, 0.15) is 11.5 Å². The van der Waals surface area contributed by atoms with Crippen LogP contribution >= 0.6 is 0 Å². The van der Waals surface area contributed by atoms with Crippen LogP contribution in [0.1, 0.15) is 49.7 Å². The van der Waals surface area contributed by atoms with Crippen LogP contribution in [0.3, 0.4) is 0 Å². The molecule has 0 bridgehead atoms. The summed E-state index contributed by atoms with van der Waals surface area (Å²) in [7, 11) is 0. The molecule has 0 saturated carbocycles. The number of carbonyl (C=O) groups is 1. The molecule has 22 heavy (non-hydrogen) atoms. The second-order valence-corrected chi connectivity index (χ2v) is 5.93. The van der Waals surface area contributed by atoms with Gasteiger partial charge in [-0.1, -0.05) is 0 Å². The summed E-state index contributed by atoms with van der Waals surface area (Å²) >= 11 is 0. The van der Waals surface area contributed by atoms with Crippen LogP contribution in [0.15, 0.2) is 12.1 Å². The van der Waals surface area contributed by atoms with Gasteiger partial charge < -0.3 is 10.6 Å². The van der Waals surface area contributed by atoms with Crippen molar-refractivity contribution in [3.05, 3.63) is 23.4 Å². The Morgan fingerprint density at radius 1 is 1.27 bits per heavy atom. The van der Waals surface area contributed by atoms with Gasteiger partial charge in [-0.05, 0) is 45.7 Å². The second-order valence-electron chi connectivity index (χ2n) is 5.93. The Hall–Kier alpha value is -1.63. The average Bonchev–Trinajstić information content (AvgIpc) is 2.35. The first kappa shape index (κ1) is 16.7. The number of aromatic nitrogens is 1. The SMILES string of the molecule is CC(=O)c1ccc(C(F)(F)F)nc1NC1CC(C)NC(C)C1. The molecule has 1 aliphatic rings. The zero-order valence-electron chi connectivity index (χ0n) is 12.8. The van der Waals surface area contributed by atoms with Crippen LogP contribution in [0.25, 0.3) is 0 Å². The van der Waals surface area contributed by atoms with Crippen LogP contribution in [-0.4, -0.2) is 28.9 Å². The predicted molar refractivity (Wildman–Crippen MR) is 77.9 cm³/mol. The molecule has 2 heterocycles. The van der Waals surface area contributed by atoms with Crippen LogP contribution in [0.5, 0.6) is 0 Å². The van der Waals surface area contributed by atoms with Gasteiger partial charge in [-0.15, -0.1) is 0 Å². The van der Waals surface area contributed by atoms with Gasteiger partial charge in [0, 0.05) is 18.1 Å². The van der Waals surface area contributed by atoms with Crippen LogP contribution in [0, 0.1) is 0 Å². The highest BCUT2D eigenvalue weighted by Gasteiger charge is 2.34. The normalized spacial score (nSPS) is 25.8. The molecule has 0 radical (unpaired) electrons. The van der Waals surface area contributed by atoms with E-state index in [1.165, 1.54) is 13.0 Å². The summed E-state index contributed by atoms with van der Waals surface area (Å²) in [4.78, 5) is 15.3. The number of halogens is 3. The standard InChI is InChI=1S/C15H20F3N3O/c1-8-6-11(7-9(2)19-8)20-14-12(10(3)22)4-5-13(21-14)15(16,17)18/h4-5,8-9,11,19H,6-7H2,1-3H3,(H,20,21). The lowest BCUT2D eigenvalue weighted by molar-refractivity contribution is -0.141. The number of hydrogen-bond acceptors (Lipinski definition) is 4. The number of nitrogens with one attached hydrogen (secondary N) is 2. The number of pyridine rings is 1. The smallest absolute Gasteiger partial charge is 0.367 e. The maximum atomic E-state index is 12.8. The molecule has 4 nitrogen and oxygen atoms in total. The van der Waals surface area contributed by atoms with Gasteiger partial charge in [0.25, 0.3) is 0 Å². The van der Waals surface area contributed by atoms with E-state index in [0.717, 1.165) is 18.9 Å². The molecule has 0 amide bonds. The largest absolute Gasteiger partial charge is 0.433 e. The van der Waals surface area contributed by atoms with Gasteiger partial charge in [0.2, 0.25) is 0 Å². The summed E-state index contributed by atoms with van der Waals surface area (Å²) in [5, 5.41) is 6.39. The summed E-state index contributed by atoms with van der Waals surface area (Å²) in [5.41, 5.74) is -0.804. The minimum absolute atomic E-state index is 0.0136. The number of ketones is 1. The fourth-order valence-corrected chi connectivity index (χ4v) is 2.89. The first-order chi connectivity index (χ1) is 10.2. The number of Topliss-reactive ketones (excluding diaryl/α,β-unsaturated/α-hetero) is 1. The molecule has 2 unspecified atom stereocenters.